The summed E-state index contributed by atoms with van der Waals surface area (Å²) in [5.74, 6) is -0.132. The molecule has 0 bridgehead atoms. The highest BCUT2D eigenvalue weighted by Crippen LogP contribution is 2.05. The summed E-state index contributed by atoms with van der Waals surface area (Å²) in [6.45, 7) is -2.22. The van der Waals surface area contributed by atoms with E-state index in [2.05, 4.69) is 10.1 Å². The van der Waals surface area contributed by atoms with Gasteiger partial charge in [0.15, 0.2) is 0 Å². The Morgan fingerprint density at radius 2 is 2.23 bits per heavy atom. The third-order valence-corrected chi connectivity index (χ3v) is 1.55. The molecule has 0 aromatic heterocycles. The Kier molecular flexibility index (Phi) is 6.34. The fourth-order valence-electron chi connectivity index (χ4n) is 1.03. The van der Waals surface area contributed by atoms with Crippen molar-refractivity contribution in [2.24, 2.45) is 0 Å². The molecule has 0 aromatic carbocycles. The number of hydrogen-bond donors (Lipinski definition) is 2. The zero-order valence-corrected chi connectivity index (χ0v) is 7.30. The zero-order chi connectivity index (χ0) is 10.3. The van der Waals surface area contributed by atoms with E-state index in [0.717, 1.165) is 19.4 Å². The summed E-state index contributed by atoms with van der Waals surface area (Å²) >= 11 is 0. The Hall–Kier alpha value is -0.750. The fraction of sp³-hybridized carbons (Fsp3) is 0.857. The molecule has 0 aromatic rings. The monoisotopic (exact) mass is 197 g/mol. The molecule has 1 rings (SSSR count). The first-order chi connectivity index (χ1) is 6.07. The molecule has 1 heterocycles. The van der Waals surface area contributed by atoms with Gasteiger partial charge in [-0.2, -0.15) is 8.78 Å². The second-order valence-electron chi connectivity index (χ2n) is 2.45. The summed E-state index contributed by atoms with van der Waals surface area (Å²) in [7, 11) is 1.42. The zero-order valence-electron chi connectivity index (χ0n) is 7.30. The van der Waals surface area contributed by atoms with Gasteiger partial charge in [0, 0.05) is 0 Å². The van der Waals surface area contributed by atoms with Crippen LogP contribution in [-0.2, 0) is 9.53 Å². The minimum Gasteiger partial charge on any atom is -0.468 e. The summed E-state index contributed by atoms with van der Waals surface area (Å²) < 4.78 is 24.3. The highest BCUT2D eigenvalue weighted by atomic mass is 19.3. The summed E-state index contributed by atoms with van der Waals surface area (Å²) in [5, 5.41) is 9.75. The minimum absolute atomic E-state index is 0.0324. The highest BCUT2D eigenvalue weighted by Gasteiger charge is 2.21. The first-order valence-corrected chi connectivity index (χ1v) is 3.85. The second-order valence-corrected chi connectivity index (χ2v) is 2.45. The van der Waals surface area contributed by atoms with Crippen molar-refractivity contribution in [3.05, 3.63) is 0 Å². The molecule has 0 aliphatic carbocycles. The van der Waals surface area contributed by atoms with Gasteiger partial charge in [0.25, 0.3) is 0 Å². The number of ether oxygens (including phenoxy) is 1. The molecule has 1 aliphatic heterocycles. The average Bonchev–Trinajstić information content (AvgIpc) is 2.54. The standard InChI is InChI=1S/C6H11NO2.CH2F2O/c1-9-6(8)5-3-2-4-7-5;2-1(3)4/h5,7H,2-4H2,1H3;1,4H. The van der Waals surface area contributed by atoms with Gasteiger partial charge in [-0.25, -0.2) is 0 Å². The van der Waals surface area contributed by atoms with Crippen LogP contribution in [0.2, 0.25) is 0 Å². The maximum atomic E-state index is 10.7. The smallest absolute Gasteiger partial charge is 0.342 e. The lowest BCUT2D eigenvalue weighted by molar-refractivity contribution is -0.142. The van der Waals surface area contributed by atoms with E-state index in [1.807, 2.05) is 0 Å². The summed E-state index contributed by atoms with van der Waals surface area (Å²) in [6, 6.07) is -0.0324. The van der Waals surface area contributed by atoms with E-state index in [1.54, 1.807) is 0 Å². The van der Waals surface area contributed by atoms with E-state index < -0.39 is 6.61 Å². The molecule has 0 amide bonds. The van der Waals surface area contributed by atoms with E-state index >= 15 is 0 Å². The van der Waals surface area contributed by atoms with Crippen molar-refractivity contribution in [3.63, 3.8) is 0 Å². The number of aliphatic hydroxyl groups is 1. The van der Waals surface area contributed by atoms with Crippen LogP contribution in [0.1, 0.15) is 12.8 Å². The van der Waals surface area contributed by atoms with Crippen LogP contribution in [0.5, 0.6) is 0 Å². The van der Waals surface area contributed by atoms with Crippen LogP contribution in [0, 0.1) is 0 Å². The molecule has 0 saturated carbocycles. The Morgan fingerprint density at radius 1 is 1.69 bits per heavy atom. The summed E-state index contributed by atoms with van der Waals surface area (Å²) in [4.78, 5) is 10.7. The van der Waals surface area contributed by atoms with Gasteiger partial charge in [0.1, 0.15) is 6.04 Å². The maximum Gasteiger partial charge on any atom is 0.342 e. The number of carbonyl (C=O) groups is 1. The Labute approximate surface area is 74.9 Å². The predicted octanol–water partition coefficient (Wildman–Crippen LogP) is 0.113. The Morgan fingerprint density at radius 3 is 2.54 bits per heavy atom. The minimum atomic E-state index is -3.17. The molecule has 0 radical (unpaired) electrons. The molecule has 6 heteroatoms. The summed E-state index contributed by atoms with van der Waals surface area (Å²) in [5.41, 5.74) is 0. The van der Waals surface area contributed by atoms with Gasteiger partial charge < -0.3 is 15.2 Å². The van der Waals surface area contributed by atoms with Gasteiger partial charge in [-0.3, -0.25) is 4.79 Å². The Balaban J connectivity index is 0.000000310. The third kappa shape index (κ3) is 6.41. The molecule has 78 valence electrons. The van der Waals surface area contributed by atoms with Crippen LogP contribution < -0.4 is 5.32 Å². The maximum absolute atomic E-state index is 10.7. The number of carbonyl (C=O) groups excluding carboxylic acids is 1. The van der Waals surface area contributed by atoms with Crippen molar-refractivity contribution in [3.8, 4) is 0 Å². The summed E-state index contributed by atoms with van der Waals surface area (Å²) in [6.07, 6.45) is 2.01. The van der Waals surface area contributed by atoms with Crippen LogP contribution in [0.15, 0.2) is 0 Å². The van der Waals surface area contributed by atoms with Gasteiger partial charge in [-0.1, -0.05) is 0 Å². The van der Waals surface area contributed by atoms with Crippen molar-refractivity contribution in [1.82, 2.24) is 5.32 Å². The lowest BCUT2D eigenvalue weighted by atomic mass is 10.2. The lowest BCUT2D eigenvalue weighted by Gasteiger charge is -2.04. The number of hydrogen-bond acceptors (Lipinski definition) is 4. The van der Waals surface area contributed by atoms with E-state index in [0.29, 0.717) is 0 Å². The molecule has 2 N–H and O–H groups in total. The molecule has 1 atom stereocenters. The van der Waals surface area contributed by atoms with E-state index in [4.69, 9.17) is 5.11 Å². The van der Waals surface area contributed by atoms with E-state index in [1.165, 1.54) is 7.11 Å². The van der Waals surface area contributed by atoms with E-state index in [9.17, 15) is 13.6 Å². The first-order valence-electron chi connectivity index (χ1n) is 3.85. The lowest BCUT2D eigenvalue weighted by Crippen LogP contribution is -2.31. The van der Waals surface area contributed by atoms with Crippen LogP contribution >= 0.6 is 0 Å². The van der Waals surface area contributed by atoms with Gasteiger partial charge >= 0.3 is 12.6 Å². The van der Waals surface area contributed by atoms with Crippen LogP contribution in [0.25, 0.3) is 0 Å². The van der Waals surface area contributed by atoms with Gasteiger partial charge in [-0.15, -0.1) is 0 Å². The predicted molar refractivity (Wildman–Crippen MR) is 41.3 cm³/mol. The molecule has 1 aliphatic rings. The third-order valence-electron chi connectivity index (χ3n) is 1.55. The SMILES string of the molecule is COC(=O)C1CCCN1.OC(F)F. The topological polar surface area (TPSA) is 58.6 Å². The van der Waals surface area contributed by atoms with Gasteiger partial charge in [-0.05, 0) is 19.4 Å². The van der Waals surface area contributed by atoms with Crippen LogP contribution in [0.3, 0.4) is 0 Å². The fourth-order valence-corrected chi connectivity index (χ4v) is 1.03. The highest BCUT2D eigenvalue weighted by molar-refractivity contribution is 5.75. The molecular formula is C7H13F2NO3. The molecular weight excluding hydrogens is 184 g/mol. The average molecular weight is 197 g/mol. The first kappa shape index (κ1) is 12.2. The Bertz CT molecular complexity index is 146. The number of rotatable bonds is 1. The molecule has 13 heavy (non-hydrogen) atoms. The van der Waals surface area contributed by atoms with Crippen LogP contribution in [-0.4, -0.2) is 37.4 Å². The molecule has 0 spiro atoms. The van der Waals surface area contributed by atoms with Crippen molar-refractivity contribution in [2.75, 3.05) is 13.7 Å². The molecule has 4 nitrogen and oxygen atoms in total. The number of halogens is 2. The van der Waals surface area contributed by atoms with Crippen molar-refractivity contribution >= 4 is 5.97 Å². The normalized spacial score (nSPS) is 20.8. The quantitative estimate of drug-likeness (QED) is 0.586. The van der Waals surface area contributed by atoms with Gasteiger partial charge in [0.05, 0.1) is 7.11 Å². The van der Waals surface area contributed by atoms with Crippen molar-refractivity contribution in [1.29, 1.82) is 0 Å². The largest absolute Gasteiger partial charge is 0.468 e. The number of aliphatic hydroxyl groups excluding tert-OH is 1. The number of alkyl halides is 2. The number of nitrogens with one attached hydrogen (secondary N) is 1. The van der Waals surface area contributed by atoms with Gasteiger partial charge in [0.2, 0.25) is 0 Å². The molecule has 1 saturated heterocycles. The molecule has 1 unspecified atom stereocenters. The van der Waals surface area contributed by atoms with Crippen molar-refractivity contribution < 1.29 is 23.4 Å². The van der Waals surface area contributed by atoms with Crippen LogP contribution in [0.4, 0.5) is 8.78 Å². The molecule has 1 fully saturated rings. The number of esters is 1. The second kappa shape index (κ2) is 6.73. The van der Waals surface area contributed by atoms with Crippen molar-refractivity contribution in [2.45, 2.75) is 25.5 Å². The van der Waals surface area contributed by atoms with E-state index in [-0.39, 0.29) is 12.0 Å². The number of methoxy groups -OCH3 is 1.